The van der Waals surface area contributed by atoms with Crippen molar-refractivity contribution in [2.24, 2.45) is 5.92 Å². The summed E-state index contributed by atoms with van der Waals surface area (Å²) in [6, 6.07) is 4.19. The van der Waals surface area contributed by atoms with E-state index in [-0.39, 0.29) is 0 Å². The summed E-state index contributed by atoms with van der Waals surface area (Å²) in [5.74, 6) is 0.818. The molecule has 4 heteroatoms. The summed E-state index contributed by atoms with van der Waals surface area (Å²) in [6.45, 7) is 4.68. The Morgan fingerprint density at radius 2 is 2.00 bits per heavy atom. The molecule has 0 bridgehead atoms. The number of aromatic nitrogens is 2. The maximum atomic E-state index is 5.87. The number of nitrogens with zero attached hydrogens (tertiary/aromatic N) is 3. The van der Waals surface area contributed by atoms with Crippen LogP contribution in [0.1, 0.15) is 35.1 Å². The number of pyridine rings is 2. The molecular weight excluding hydrogens is 286 g/mol. The molecule has 0 radical (unpaired) electrons. The molecule has 1 aliphatic carbocycles. The first-order chi connectivity index (χ1) is 11.4. The molecule has 23 heavy (non-hydrogen) atoms. The van der Waals surface area contributed by atoms with Crippen molar-refractivity contribution in [3.63, 3.8) is 0 Å². The van der Waals surface area contributed by atoms with Crippen molar-refractivity contribution in [3.8, 4) is 0 Å². The van der Waals surface area contributed by atoms with Gasteiger partial charge < -0.3 is 4.74 Å². The van der Waals surface area contributed by atoms with Crippen LogP contribution in [0.25, 0.3) is 0 Å². The summed E-state index contributed by atoms with van der Waals surface area (Å²) in [5, 5.41) is 0. The SMILES string of the molecule is c1cc(CN2CCc3c(COCC4CC4)cncc3C2)ccn1. The molecule has 1 fully saturated rings. The fourth-order valence-electron chi connectivity index (χ4n) is 3.25. The lowest BCUT2D eigenvalue weighted by Gasteiger charge is -2.29. The molecular formula is C19H23N3O. The predicted molar refractivity (Wildman–Crippen MR) is 88.7 cm³/mol. The van der Waals surface area contributed by atoms with Gasteiger partial charge in [-0.25, -0.2) is 0 Å². The van der Waals surface area contributed by atoms with Crippen molar-refractivity contribution >= 4 is 0 Å². The molecule has 0 amide bonds. The van der Waals surface area contributed by atoms with E-state index in [9.17, 15) is 0 Å². The lowest BCUT2D eigenvalue weighted by molar-refractivity contribution is 0.110. The second kappa shape index (κ2) is 6.77. The number of ether oxygens (including phenoxy) is 1. The monoisotopic (exact) mass is 309 g/mol. The first-order valence-corrected chi connectivity index (χ1v) is 8.52. The van der Waals surface area contributed by atoms with Crippen LogP contribution in [0.2, 0.25) is 0 Å². The smallest absolute Gasteiger partial charge is 0.0734 e. The third-order valence-electron chi connectivity index (χ3n) is 4.77. The molecule has 0 spiro atoms. The van der Waals surface area contributed by atoms with Gasteiger partial charge in [0.1, 0.15) is 0 Å². The van der Waals surface area contributed by atoms with Crippen LogP contribution < -0.4 is 0 Å². The molecule has 0 atom stereocenters. The first kappa shape index (κ1) is 14.8. The summed E-state index contributed by atoms with van der Waals surface area (Å²) in [7, 11) is 0. The second-order valence-corrected chi connectivity index (χ2v) is 6.71. The van der Waals surface area contributed by atoms with Crippen LogP contribution in [0.5, 0.6) is 0 Å². The van der Waals surface area contributed by atoms with Crippen molar-refractivity contribution in [2.75, 3.05) is 13.2 Å². The highest BCUT2D eigenvalue weighted by atomic mass is 16.5. The summed E-state index contributed by atoms with van der Waals surface area (Å²) < 4.78 is 5.87. The minimum Gasteiger partial charge on any atom is -0.376 e. The molecule has 0 N–H and O–H groups in total. The maximum Gasteiger partial charge on any atom is 0.0734 e. The van der Waals surface area contributed by atoms with Crippen molar-refractivity contribution < 1.29 is 4.74 Å². The van der Waals surface area contributed by atoms with E-state index >= 15 is 0 Å². The lowest BCUT2D eigenvalue weighted by atomic mass is 9.97. The van der Waals surface area contributed by atoms with Crippen LogP contribution in [0, 0.1) is 5.92 Å². The van der Waals surface area contributed by atoms with E-state index in [4.69, 9.17) is 4.74 Å². The molecule has 1 aliphatic heterocycles. The van der Waals surface area contributed by atoms with E-state index < -0.39 is 0 Å². The van der Waals surface area contributed by atoms with E-state index in [1.165, 1.54) is 35.1 Å². The summed E-state index contributed by atoms with van der Waals surface area (Å²) in [5.41, 5.74) is 5.42. The van der Waals surface area contributed by atoms with Gasteiger partial charge in [0.05, 0.1) is 6.61 Å². The molecule has 0 aromatic carbocycles. The predicted octanol–water partition coefficient (Wildman–Crippen LogP) is 2.96. The van der Waals surface area contributed by atoms with Gasteiger partial charge in [-0.3, -0.25) is 14.9 Å². The third kappa shape index (κ3) is 3.77. The molecule has 2 aromatic heterocycles. The van der Waals surface area contributed by atoms with E-state index in [0.717, 1.165) is 45.2 Å². The Hall–Kier alpha value is -1.78. The van der Waals surface area contributed by atoms with Crippen LogP contribution in [-0.2, 0) is 30.9 Å². The van der Waals surface area contributed by atoms with E-state index in [2.05, 4.69) is 27.0 Å². The summed E-state index contributed by atoms with van der Waals surface area (Å²) >= 11 is 0. The van der Waals surface area contributed by atoms with Gasteiger partial charge in [-0.15, -0.1) is 0 Å². The van der Waals surface area contributed by atoms with E-state index in [1.807, 2.05) is 24.8 Å². The lowest BCUT2D eigenvalue weighted by Crippen LogP contribution is -2.31. The highest BCUT2D eigenvalue weighted by Crippen LogP contribution is 2.29. The Morgan fingerprint density at radius 3 is 2.83 bits per heavy atom. The fourth-order valence-corrected chi connectivity index (χ4v) is 3.25. The van der Waals surface area contributed by atoms with Crippen LogP contribution in [0.4, 0.5) is 0 Å². The van der Waals surface area contributed by atoms with Gasteiger partial charge >= 0.3 is 0 Å². The molecule has 0 saturated heterocycles. The zero-order valence-electron chi connectivity index (χ0n) is 13.4. The Labute approximate surface area is 137 Å². The Balaban J connectivity index is 1.40. The zero-order valence-corrected chi connectivity index (χ0v) is 13.4. The molecule has 1 saturated carbocycles. The van der Waals surface area contributed by atoms with Gasteiger partial charge in [0.2, 0.25) is 0 Å². The molecule has 4 nitrogen and oxygen atoms in total. The van der Waals surface area contributed by atoms with Crippen LogP contribution >= 0.6 is 0 Å². The highest BCUT2D eigenvalue weighted by molar-refractivity contribution is 5.33. The van der Waals surface area contributed by atoms with Crippen molar-refractivity contribution in [1.29, 1.82) is 0 Å². The van der Waals surface area contributed by atoms with Crippen LogP contribution in [-0.4, -0.2) is 28.0 Å². The topological polar surface area (TPSA) is 38.2 Å². The number of fused-ring (bicyclic) bond motifs is 1. The van der Waals surface area contributed by atoms with Crippen molar-refractivity contribution in [2.45, 2.75) is 39.0 Å². The standard InChI is InChI=1S/C19H23N3O/c1-2-16(1)13-23-14-18-10-21-9-17-12-22(8-5-19(17)18)11-15-3-6-20-7-4-15/h3-4,6-7,9-10,16H,1-2,5,8,11-14H2. The second-order valence-electron chi connectivity index (χ2n) is 6.71. The molecule has 4 rings (SSSR count). The Bertz CT molecular complexity index is 655. The minimum atomic E-state index is 0.719. The van der Waals surface area contributed by atoms with Gasteiger partial charge in [0.25, 0.3) is 0 Å². The minimum absolute atomic E-state index is 0.719. The van der Waals surface area contributed by atoms with Gasteiger partial charge in [-0.05, 0) is 59.6 Å². The molecule has 120 valence electrons. The van der Waals surface area contributed by atoms with Crippen molar-refractivity contribution in [1.82, 2.24) is 14.9 Å². The Kier molecular flexibility index (Phi) is 4.35. The van der Waals surface area contributed by atoms with Crippen molar-refractivity contribution in [3.05, 3.63) is 59.2 Å². The number of hydrogen-bond donors (Lipinski definition) is 0. The average Bonchev–Trinajstić information content (AvgIpc) is 3.40. The number of hydrogen-bond acceptors (Lipinski definition) is 4. The normalized spacial score (nSPS) is 17.9. The van der Waals surface area contributed by atoms with Gasteiger partial charge in [-0.1, -0.05) is 0 Å². The van der Waals surface area contributed by atoms with Gasteiger partial charge in [0.15, 0.2) is 0 Å². The molecule has 3 heterocycles. The van der Waals surface area contributed by atoms with E-state index in [1.54, 1.807) is 0 Å². The fraction of sp³-hybridized carbons (Fsp3) is 0.474. The summed E-state index contributed by atoms with van der Waals surface area (Å²) in [4.78, 5) is 11.0. The van der Waals surface area contributed by atoms with Gasteiger partial charge in [0, 0.05) is 51.0 Å². The highest BCUT2D eigenvalue weighted by Gasteiger charge is 2.22. The first-order valence-electron chi connectivity index (χ1n) is 8.52. The summed E-state index contributed by atoms with van der Waals surface area (Å²) in [6.07, 6.45) is 11.5. The van der Waals surface area contributed by atoms with E-state index in [0.29, 0.717) is 0 Å². The largest absolute Gasteiger partial charge is 0.376 e. The zero-order chi connectivity index (χ0) is 15.5. The molecule has 2 aliphatic rings. The van der Waals surface area contributed by atoms with Crippen LogP contribution in [0.3, 0.4) is 0 Å². The number of rotatable bonds is 6. The third-order valence-corrected chi connectivity index (χ3v) is 4.77. The van der Waals surface area contributed by atoms with Crippen LogP contribution in [0.15, 0.2) is 36.9 Å². The maximum absolute atomic E-state index is 5.87. The quantitative estimate of drug-likeness (QED) is 0.822. The molecule has 2 aromatic rings. The van der Waals surface area contributed by atoms with Gasteiger partial charge in [-0.2, -0.15) is 0 Å². The Morgan fingerprint density at radius 1 is 1.13 bits per heavy atom. The average molecular weight is 309 g/mol. The molecule has 0 unspecified atom stereocenters.